The van der Waals surface area contributed by atoms with E-state index in [0.29, 0.717) is 32.2 Å². The average Bonchev–Trinajstić information content (AvgIpc) is 3.19. The van der Waals surface area contributed by atoms with E-state index in [4.69, 9.17) is 10.8 Å². The van der Waals surface area contributed by atoms with Crippen molar-refractivity contribution < 1.29 is 77.0 Å². The molecule has 3 fully saturated rings. The van der Waals surface area contributed by atoms with Crippen molar-refractivity contribution in [3.63, 3.8) is 0 Å². The molecule has 0 unspecified atom stereocenters. The van der Waals surface area contributed by atoms with Crippen LogP contribution < -0.4 is 64.2 Å². The van der Waals surface area contributed by atoms with Crippen LogP contribution in [0, 0.1) is 35.5 Å². The number of likely N-dealkylation sites (tertiary alicyclic amines) is 3. The van der Waals surface area contributed by atoms with Crippen LogP contribution in [0.15, 0.2) is 0 Å². The molecular weight excluding hydrogens is 1150 g/mol. The van der Waals surface area contributed by atoms with Crippen LogP contribution in [0.4, 0.5) is 0 Å². The summed E-state index contributed by atoms with van der Waals surface area (Å²) >= 11 is 0. The van der Waals surface area contributed by atoms with Crippen molar-refractivity contribution in [2.24, 2.45) is 41.2 Å². The molecule has 14 amide bonds. The molecule has 3 saturated heterocycles. The van der Waals surface area contributed by atoms with Crippen LogP contribution in [-0.4, -0.2) is 222 Å². The summed E-state index contributed by atoms with van der Waals surface area (Å²) in [6, 6.07) is -9.30. The normalized spacial score (nSPS) is 18.6. The second-order valence-corrected chi connectivity index (χ2v) is 24.5. The fourth-order valence-corrected chi connectivity index (χ4v) is 10.2. The second kappa shape index (κ2) is 35.1. The third-order valence-corrected chi connectivity index (χ3v) is 15.3. The molecule has 0 aliphatic carbocycles. The average molecular weight is 1250 g/mol. The summed E-state index contributed by atoms with van der Waals surface area (Å²) in [6.07, 6.45) is 2.31. The van der Waals surface area contributed by atoms with E-state index >= 15 is 0 Å². The zero-order valence-electron chi connectivity index (χ0n) is 52.8. The van der Waals surface area contributed by atoms with Gasteiger partial charge >= 0.3 is 5.97 Å². The van der Waals surface area contributed by atoms with Crippen molar-refractivity contribution in [3.8, 4) is 0 Å². The topological polar surface area (TPSA) is 444 Å². The summed E-state index contributed by atoms with van der Waals surface area (Å²) in [4.78, 5) is 200. The van der Waals surface area contributed by atoms with Crippen molar-refractivity contribution in [2.45, 2.75) is 176 Å². The molecule has 31 nitrogen and oxygen atoms in total. The molecule has 3 aliphatic heterocycles. The Morgan fingerprint density at radius 2 is 0.591 bits per heavy atom. The number of nitrogens with zero attached hydrogens (tertiary/aromatic N) is 3. The molecule has 0 bridgehead atoms. The lowest BCUT2D eigenvalue weighted by Gasteiger charge is -2.31. The molecular formula is C57H95N15O16. The van der Waals surface area contributed by atoms with E-state index in [0.717, 1.165) is 0 Å². The number of rotatable bonds is 32. The first-order chi connectivity index (χ1) is 41.2. The van der Waals surface area contributed by atoms with E-state index < -0.39 is 206 Å². The monoisotopic (exact) mass is 1250 g/mol. The Morgan fingerprint density at radius 3 is 0.841 bits per heavy atom. The van der Waals surface area contributed by atoms with Crippen molar-refractivity contribution in [3.05, 3.63) is 0 Å². The predicted octanol–water partition coefficient (Wildman–Crippen LogP) is -4.57. The summed E-state index contributed by atoms with van der Waals surface area (Å²) in [7, 11) is 0. The van der Waals surface area contributed by atoms with E-state index in [-0.39, 0.29) is 37.8 Å². The number of hydrogen-bond acceptors (Lipinski definition) is 16. The number of nitrogens with one attached hydrogen (secondary N) is 11. The standard InChI is InChI=1S/C57H95N15O16/c1-28(2)43(58)55(86)70-19-13-16-34(70)49(80)59-22-37(73)65-44(29(3)4)52(83)62-25-40(76)68-47(32(9)10)56(87)71-20-14-17-35(71)50(81)60-23-38(74)66-45(30(5)6)53(84)63-26-41(77)69-48(33(11)12)57(88)72-21-15-18-36(72)51(82)61-24-39(75)67-46(31(7)8)54(85)64-27-42(78)79/h28-36,43-48H,13-27,58H2,1-12H3,(H,59,80)(H,60,81)(H,61,82)(H,62,83)(H,63,84)(H,64,85)(H,65,73)(H,66,74)(H,67,75)(H,68,76)(H,69,77)(H,78,79)/t34-,35-,36-,43-,44-,45-,46-,47-,48-/m0/s1. The van der Waals surface area contributed by atoms with Gasteiger partial charge in [-0.25, -0.2) is 0 Å². The lowest BCUT2D eigenvalue weighted by molar-refractivity contribution is -0.142. The maximum Gasteiger partial charge on any atom is 0.322 e. The number of carbonyl (C=O) groups is 15. The van der Waals surface area contributed by atoms with Gasteiger partial charge in [-0.2, -0.15) is 0 Å². The number of aliphatic carboxylic acids is 1. The molecule has 0 aromatic heterocycles. The predicted molar refractivity (Wildman–Crippen MR) is 317 cm³/mol. The Morgan fingerprint density at radius 1 is 0.352 bits per heavy atom. The van der Waals surface area contributed by atoms with E-state index in [1.165, 1.54) is 14.7 Å². The largest absolute Gasteiger partial charge is 0.480 e. The van der Waals surface area contributed by atoms with Crippen molar-refractivity contribution >= 4 is 88.7 Å². The van der Waals surface area contributed by atoms with E-state index in [1.54, 1.807) is 83.1 Å². The zero-order chi connectivity index (χ0) is 66.4. The minimum absolute atomic E-state index is 0.144. The summed E-state index contributed by atoms with van der Waals surface area (Å²) in [6.45, 7) is 17.3. The molecule has 31 heteroatoms. The lowest BCUT2D eigenvalue weighted by Crippen LogP contribution is -2.58. The molecule has 0 aromatic rings. The highest BCUT2D eigenvalue weighted by Gasteiger charge is 2.42. The third-order valence-electron chi connectivity index (χ3n) is 15.3. The number of hydrogen-bond donors (Lipinski definition) is 13. The highest BCUT2D eigenvalue weighted by Crippen LogP contribution is 2.23. The Labute approximate surface area is 513 Å². The smallest absolute Gasteiger partial charge is 0.322 e. The second-order valence-electron chi connectivity index (χ2n) is 24.5. The highest BCUT2D eigenvalue weighted by atomic mass is 16.4. The number of amides is 14. The Kier molecular flexibility index (Phi) is 29.6. The van der Waals surface area contributed by atoms with Gasteiger partial charge in [-0.1, -0.05) is 83.1 Å². The minimum atomic E-state index is -1.27. The maximum atomic E-state index is 14.0. The Bertz CT molecular complexity index is 2560. The number of carboxylic acid groups (broad SMARTS) is 1. The van der Waals surface area contributed by atoms with Crippen LogP contribution in [0.5, 0.6) is 0 Å². The van der Waals surface area contributed by atoms with Crippen molar-refractivity contribution in [1.82, 2.24) is 73.2 Å². The quantitative estimate of drug-likeness (QED) is 0.0302. The van der Waals surface area contributed by atoms with Gasteiger partial charge in [-0.3, -0.25) is 71.9 Å². The molecule has 3 heterocycles. The number of nitrogens with two attached hydrogens (primary N) is 1. The molecule has 0 spiro atoms. The van der Waals surface area contributed by atoms with Gasteiger partial charge in [-0.05, 0) is 74.0 Å². The molecule has 0 saturated carbocycles. The maximum absolute atomic E-state index is 14.0. The van der Waals surface area contributed by atoms with Gasteiger partial charge in [0.05, 0.1) is 38.8 Å². The van der Waals surface area contributed by atoms with Crippen molar-refractivity contribution in [2.75, 3.05) is 58.9 Å². The van der Waals surface area contributed by atoms with Gasteiger partial charge in [0, 0.05) is 19.6 Å². The molecule has 0 radical (unpaired) electrons. The van der Waals surface area contributed by atoms with E-state index in [2.05, 4.69) is 58.5 Å². The first-order valence-corrected chi connectivity index (χ1v) is 30.2. The van der Waals surface area contributed by atoms with Gasteiger partial charge in [0.2, 0.25) is 82.7 Å². The number of carboxylic acids is 1. The summed E-state index contributed by atoms with van der Waals surface area (Å²) in [5.41, 5.74) is 6.04. The summed E-state index contributed by atoms with van der Waals surface area (Å²) < 4.78 is 0. The van der Waals surface area contributed by atoms with Gasteiger partial charge < -0.3 is 84.0 Å². The molecule has 3 rings (SSSR count). The van der Waals surface area contributed by atoms with E-state index in [1.807, 2.05) is 0 Å². The molecule has 14 N–H and O–H groups in total. The molecule has 3 aliphatic rings. The molecule has 494 valence electrons. The van der Waals surface area contributed by atoms with Crippen LogP contribution in [0.2, 0.25) is 0 Å². The van der Waals surface area contributed by atoms with E-state index in [9.17, 15) is 71.9 Å². The SMILES string of the molecule is CC(C)[C@H](N)C(=O)N1CCC[C@H]1C(=O)NCC(=O)N[C@H](C(=O)NCC(=O)N[C@H](C(=O)N1CCC[C@H]1C(=O)NCC(=O)N[C@H](C(=O)NCC(=O)N[C@H](C(=O)N1CCC[C@H]1C(=O)NCC(=O)N[C@H](C(=O)NCC(=O)O)C(C)C)C(C)C)C(C)C)C(C)C)C(C)C. The molecule has 88 heavy (non-hydrogen) atoms. The lowest BCUT2D eigenvalue weighted by atomic mass is 10.0. The third kappa shape index (κ3) is 22.3. The first kappa shape index (κ1) is 74.3. The molecule has 0 aromatic carbocycles. The highest BCUT2D eigenvalue weighted by molar-refractivity contribution is 5.99. The fourth-order valence-electron chi connectivity index (χ4n) is 10.2. The van der Waals surface area contributed by atoms with Crippen LogP contribution in [0.3, 0.4) is 0 Å². The summed E-state index contributed by atoms with van der Waals surface area (Å²) in [5.74, 6) is -13.1. The minimum Gasteiger partial charge on any atom is -0.480 e. The van der Waals surface area contributed by atoms with Crippen LogP contribution in [-0.2, 0) is 71.9 Å². The van der Waals surface area contributed by atoms with Crippen LogP contribution in [0.25, 0.3) is 0 Å². The van der Waals surface area contributed by atoms with Gasteiger partial charge in [0.25, 0.3) is 0 Å². The van der Waals surface area contributed by atoms with Gasteiger partial charge in [0.1, 0.15) is 54.9 Å². The van der Waals surface area contributed by atoms with Crippen LogP contribution >= 0.6 is 0 Å². The van der Waals surface area contributed by atoms with Crippen LogP contribution in [0.1, 0.15) is 122 Å². The Hall–Kier alpha value is -7.99. The van der Waals surface area contributed by atoms with Crippen molar-refractivity contribution in [1.29, 1.82) is 0 Å². The molecule has 9 atom stereocenters. The number of carbonyl (C=O) groups excluding carboxylic acids is 14. The Balaban J connectivity index is 1.50. The summed E-state index contributed by atoms with van der Waals surface area (Å²) in [5, 5.41) is 36.4. The fraction of sp³-hybridized carbons (Fsp3) is 0.737. The zero-order valence-corrected chi connectivity index (χ0v) is 52.8. The van der Waals surface area contributed by atoms with Gasteiger partial charge in [0.15, 0.2) is 0 Å². The first-order valence-electron chi connectivity index (χ1n) is 30.2. The van der Waals surface area contributed by atoms with Gasteiger partial charge in [-0.15, -0.1) is 0 Å².